The molecule has 7 heteroatoms. The van der Waals surface area contributed by atoms with Crippen molar-refractivity contribution in [2.24, 2.45) is 0 Å². The van der Waals surface area contributed by atoms with Crippen LogP contribution in [0.3, 0.4) is 0 Å². The number of piperidine rings is 1. The fourth-order valence-corrected chi connectivity index (χ4v) is 3.61. The second-order valence-electron chi connectivity index (χ2n) is 8.51. The Morgan fingerprint density at radius 3 is 2.66 bits per heavy atom. The highest BCUT2D eigenvalue weighted by molar-refractivity contribution is 5.82. The van der Waals surface area contributed by atoms with Crippen LogP contribution in [0.5, 0.6) is 5.88 Å². The SMILES string of the molecule is COc1ccc2cccc(C(O)CN3CCC(NC(=O)OC(C)(C)C)CC3)c2n1. The van der Waals surface area contributed by atoms with E-state index in [1.165, 1.54) is 0 Å². The van der Waals surface area contributed by atoms with Gasteiger partial charge >= 0.3 is 6.09 Å². The number of hydrogen-bond donors (Lipinski definition) is 2. The van der Waals surface area contributed by atoms with Gasteiger partial charge in [0.15, 0.2) is 0 Å². The third kappa shape index (κ3) is 5.81. The van der Waals surface area contributed by atoms with Crippen LogP contribution in [0.1, 0.15) is 45.3 Å². The number of carbonyl (C=O) groups excluding carboxylic acids is 1. The molecule has 2 heterocycles. The maximum Gasteiger partial charge on any atom is 0.407 e. The number of fused-ring (bicyclic) bond motifs is 1. The average Bonchev–Trinajstić information content (AvgIpc) is 2.67. The van der Waals surface area contributed by atoms with Crippen molar-refractivity contribution in [3.63, 3.8) is 0 Å². The highest BCUT2D eigenvalue weighted by Crippen LogP contribution is 2.26. The second kappa shape index (κ2) is 8.97. The minimum atomic E-state index is -0.645. The van der Waals surface area contributed by atoms with Gasteiger partial charge in [-0.05, 0) is 39.7 Å². The Morgan fingerprint density at radius 2 is 2.00 bits per heavy atom. The summed E-state index contributed by atoms with van der Waals surface area (Å²) in [6.07, 6.45) is 0.640. The predicted molar refractivity (Wildman–Crippen MR) is 112 cm³/mol. The molecule has 1 aliphatic heterocycles. The summed E-state index contributed by atoms with van der Waals surface area (Å²) in [7, 11) is 1.59. The molecule has 1 atom stereocenters. The molecule has 3 rings (SSSR count). The Balaban J connectivity index is 1.57. The number of benzene rings is 1. The van der Waals surface area contributed by atoms with Crippen molar-refractivity contribution in [1.29, 1.82) is 0 Å². The van der Waals surface area contributed by atoms with Crippen molar-refractivity contribution in [1.82, 2.24) is 15.2 Å². The van der Waals surface area contributed by atoms with Crippen LogP contribution in [-0.4, -0.2) is 59.5 Å². The molecular weight excluding hydrogens is 370 g/mol. The number of pyridine rings is 1. The van der Waals surface area contributed by atoms with E-state index in [9.17, 15) is 9.90 Å². The molecule has 1 aliphatic rings. The minimum Gasteiger partial charge on any atom is -0.481 e. The molecule has 0 spiro atoms. The van der Waals surface area contributed by atoms with E-state index in [0.717, 1.165) is 42.4 Å². The van der Waals surface area contributed by atoms with Crippen LogP contribution in [0.4, 0.5) is 4.79 Å². The fourth-order valence-electron chi connectivity index (χ4n) is 3.61. The van der Waals surface area contributed by atoms with Gasteiger partial charge in [0, 0.05) is 42.7 Å². The number of aromatic nitrogens is 1. The van der Waals surface area contributed by atoms with Crippen LogP contribution in [0.25, 0.3) is 10.9 Å². The Bertz CT molecular complexity index is 842. The van der Waals surface area contributed by atoms with E-state index in [0.29, 0.717) is 12.4 Å². The standard InChI is InChI=1S/C22H31N3O4/c1-22(2,3)29-21(27)23-16-10-12-25(13-11-16)14-18(26)17-7-5-6-15-8-9-19(28-4)24-20(15)17/h5-9,16,18,26H,10-14H2,1-4H3,(H,23,27). The zero-order valence-corrected chi connectivity index (χ0v) is 17.6. The lowest BCUT2D eigenvalue weighted by atomic mass is 10.0. The number of nitrogens with zero attached hydrogens (tertiary/aromatic N) is 2. The van der Waals surface area contributed by atoms with Gasteiger partial charge in [0.05, 0.1) is 18.7 Å². The number of aliphatic hydroxyl groups is 1. The lowest BCUT2D eigenvalue weighted by molar-refractivity contribution is 0.0459. The zero-order chi connectivity index (χ0) is 21.0. The number of likely N-dealkylation sites (tertiary alicyclic amines) is 1. The maximum absolute atomic E-state index is 11.9. The van der Waals surface area contributed by atoms with Crippen LogP contribution in [-0.2, 0) is 4.74 Å². The van der Waals surface area contributed by atoms with Gasteiger partial charge in [0.25, 0.3) is 0 Å². The van der Waals surface area contributed by atoms with Gasteiger partial charge in [-0.25, -0.2) is 9.78 Å². The van der Waals surface area contributed by atoms with Gasteiger partial charge < -0.3 is 24.8 Å². The molecule has 1 aromatic heterocycles. The summed E-state index contributed by atoms with van der Waals surface area (Å²) in [5, 5.41) is 14.8. The van der Waals surface area contributed by atoms with E-state index in [-0.39, 0.29) is 12.1 Å². The van der Waals surface area contributed by atoms with Crippen LogP contribution >= 0.6 is 0 Å². The second-order valence-corrected chi connectivity index (χ2v) is 8.51. The highest BCUT2D eigenvalue weighted by Gasteiger charge is 2.25. The molecule has 1 unspecified atom stereocenters. The topological polar surface area (TPSA) is 83.9 Å². The predicted octanol–water partition coefficient (Wildman–Crippen LogP) is 3.27. The minimum absolute atomic E-state index is 0.0988. The molecule has 2 aromatic rings. The first kappa shape index (κ1) is 21.3. The number of ether oxygens (including phenoxy) is 2. The van der Waals surface area contributed by atoms with Crippen molar-refractivity contribution < 1.29 is 19.4 Å². The van der Waals surface area contributed by atoms with Crippen LogP contribution in [0.15, 0.2) is 30.3 Å². The summed E-state index contributed by atoms with van der Waals surface area (Å²) in [5.74, 6) is 0.534. The average molecular weight is 402 g/mol. The smallest absolute Gasteiger partial charge is 0.407 e. The molecule has 1 saturated heterocycles. The molecule has 1 aromatic carbocycles. The summed E-state index contributed by atoms with van der Waals surface area (Å²) < 4.78 is 10.6. The maximum atomic E-state index is 11.9. The largest absolute Gasteiger partial charge is 0.481 e. The molecule has 2 N–H and O–H groups in total. The van der Waals surface area contributed by atoms with Gasteiger partial charge in [-0.1, -0.05) is 18.2 Å². The van der Waals surface area contributed by atoms with Gasteiger partial charge in [0.1, 0.15) is 5.60 Å². The van der Waals surface area contributed by atoms with Crippen molar-refractivity contribution in [2.45, 2.75) is 51.4 Å². The molecule has 0 bridgehead atoms. The molecular formula is C22H31N3O4. The summed E-state index contributed by atoms with van der Waals surface area (Å²) in [6, 6.07) is 9.70. The first-order valence-electron chi connectivity index (χ1n) is 10.1. The monoisotopic (exact) mass is 401 g/mol. The number of alkyl carbamates (subject to hydrolysis) is 1. The first-order valence-corrected chi connectivity index (χ1v) is 10.1. The first-order chi connectivity index (χ1) is 13.7. The van der Waals surface area contributed by atoms with Crippen molar-refractivity contribution >= 4 is 17.0 Å². The number of rotatable bonds is 5. The van der Waals surface area contributed by atoms with Crippen LogP contribution < -0.4 is 10.1 Å². The normalized spacial score (nSPS) is 17.1. The quantitative estimate of drug-likeness (QED) is 0.800. The summed E-state index contributed by atoms with van der Waals surface area (Å²) in [4.78, 5) is 18.7. The van der Waals surface area contributed by atoms with E-state index in [4.69, 9.17) is 9.47 Å². The van der Waals surface area contributed by atoms with Crippen molar-refractivity contribution in [3.05, 3.63) is 35.9 Å². The Morgan fingerprint density at radius 1 is 1.28 bits per heavy atom. The van der Waals surface area contributed by atoms with Gasteiger partial charge in [0.2, 0.25) is 5.88 Å². The summed E-state index contributed by atoms with van der Waals surface area (Å²) in [5.41, 5.74) is 1.07. The lowest BCUT2D eigenvalue weighted by Gasteiger charge is -2.34. The number of carbonyl (C=O) groups is 1. The number of amides is 1. The molecule has 158 valence electrons. The van der Waals surface area contributed by atoms with Gasteiger partial charge in [-0.2, -0.15) is 0 Å². The Hall–Kier alpha value is -2.38. The third-order valence-electron chi connectivity index (χ3n) is 5.03. The van der Waals surface area contributed by atoms with E-state index >= 15 is 0 Å². The Labute approximate surface area is 172 Å². The Kier molecular flexibility index (Phi) is 6.59. The number of hydrogen-bond acceptors (Lipinski definition) is 6. The molecule has 0 aliphatic carbocycles. The van der Waals surface area contributed by atoms with E-state index in [2.05, 4.69) is 15.2 Å². The van der Waals surface area contributed by atoms with Crippen molar-refractivity contribution in [2.75, 3.05) is 26.7 Å². The molecule has 7 nitrogen and oxygen atoms in total. The molecule has 1 fully saturated rings. The van der Waals surface area contributed by atoms with Crippen molar-refractivity contribution in [3.8, 4) is 5.88 Å². The highest BCUT2D eigenvalue weighted by atomic mass is 16.6. The summed E-state index contributed by atoms with van der Waals surface area (Å²) in [6.45, 7) is 7.70. The molecule has 0 radical (unpaired) electrons. The number of aliphatic hydroxyl groups excluding tert-OH is 1. The van der Waals surface area contributed by atoms with E-state index in [1.54, 1.807) is 7.11 Å². The van der Waals surface area contributed by atoms with Gasteiger partial charge in [-0.15, -0.1) is 0 Å². The number of para-hydroxylation sites is 1. The number of nitrogens with one attached hydrogen (secondary N) is 1. The molecule has 0 saturated carbocycles. The molecule has 29 heavy (non-hydrogen) atoms. The van der Waals surface area contributed by atoms with E-state index < -0.39 is 11.7 Å². The third-order valence-corrected chi connectivity index (χ3v) is 5.03. The molecule has 1 amide bonds. The number of β-amino-alcohol motifs (C(OH)–C–C–N with tert-alkyl or cyclic N) is 1. The van der Waals surface area contributed by atoms with Crippen LogP contribution in [0.2, 0.25) is 0 Å². The van der Waals surface area contributed by atoms with Crippen LogP contribution in [0, 0.1) is 0 Å². The van der Waals surface area contributed by atoms with E-state index in [1.807, 2.05) is 51.1 Å². The fraction of sp³-hybridized carbons (Fsp3) is 0.545. The number of methoxy groups -OCH3 is 1. The van der Waals surface area contributed by atoms with Gasteiger partial charge in [-0.3, -0.25) is 0 Å². The summed E-state index contributed by atoms with van der Waals surface area (Å²) >= 11 is 0. The lowest BCUT2D eigenvalue weighted by Crippen LogP contribution is -2.46. The zero-order valence-electron chi connectivity index (χ0n) is 17.6.